The van der Waals surface area contributed by atoms with Gasteiger partial charge in [0, 0.05) is 12.4 Å². The Kier molecular flexibility index (Phi) is 3.97. The van der Waals surface area contributed by atoms with Gasteiger partial charge in [0.1, 0.15) is 5.65 Å². The van der Waals surface area contributed by atoms with Gasteiger partial charge in [0.05, 0.1) is 23.9 Å². The summed E-state index contributed by atoms with van der Waals surface area (Å²) in [7, 11) is 0. The van der Waals surface area contributed by atoms with Gasteiger partial charge >= 0.3 is 0 Å². The van der Waals surface area contributed by atoms with Crippen molar-refractivity contribution in [2.75, 3.05) is 0 Å². The van der Waals surface area contributed by atoms with E-state index in [4.69, 9.17) is 16.4 Å². The van der Waals surface area contributed by atoms with Crippen LogP contribution in [0.15, 0.2) is 54.9 Å². The van der Waals surface area contributed by atoms with Crippen LogP contribution in [0, 0.1) is 0 Å². The van der Waals surface area contributed by atoms with Crippen LogP contribution in [-0.2, 0) is 18.0 Å². The Morgan fingerprint density at radius 2 is 1.95 bits per heavy atom. The summed E-state index contributed by atoms with van der Waals surface area (Å²) in [6.45, 7) is 1.08. The lowest BCUT2D eigenvalue weighted by Crippen LogP contribution is -2.14. The topological polar surface area (TPSA) is 38.6 Å². The maximum Gasteiger partial charge on any atom is 0.137 e. The summed E-state index contributed by atoms with van der Waals surface area (Å²) in [5.74, 6) is 0. The summed E-state index contributed by atoms with van der Waals surface area (Å²) >= 11 is 5.93. The molecule has 4 nitrogen and oxygen atoms in total. The number of nitrogens with one attached hydrogen (secondary N) is 1. The fourth-order valence-electron chi connectivity index (χ4n) is 1.94. The Labute approximate surface area is 121 Å². The maximum absolute atomic E-state index is 5.93. The number of imidazole rings is 1. The normalized spacial score (nSPS) is 11.1. The summed E-state index contributed by atoms with van der Waals surface area (Å²) in [5, 5.41) is 0.690. The molecule has 0 fully saturated rings. The molecule has 0 aliphatic rings. The molecule has 2 heterocycles. The number of nitrogens with zero attached hydrogens (tertiary/aromatic N) is 2. The van der Waals surface area contributed by atoms with Gasteiger partial charge in [-0.25, -0.2) is 4.98 Å². The second-order valence-electron chi connectivity index (χ2n) is 4.44. The van der Waals surface area contributed by atoms with Crippen LogP contribution in [0.1, 0.15) is 11.3 Å². The molecule has 2 aromatic heterocycles. The number of hydroxylamine groups is 1. The van der Waals surface area contributed by atoms with Gasteiger partial charge in [0.25, 0.3) is 0 Å². The number of hydrogen-bond donors (Lipinski definition) is 1. The second-order valence-corrected chi connectivity index (χ2v) is 4.88. The number of benzene rings is 1. The molecule has 0 aliphatic carbocycles. The Balaban J connectivity index is 1.55. The highest BCUT2D eigenvalue weighted by molar-refractivity contribution is 6.30. The van der Waals surface area contributed by atoms with Crippen molar-refractivity contribution in [3.63, 3.8) is 0 Å². The highest BCUT2D eigenvalue weighted by Gasteiger charge is 2.01. The van der Waals surface area contributed by atoms with Gasteiger partial charge in [-0.05, 0) is 17.7 Å². The molecule has 1 aromatic carbocycles. The molecule has 0 unspecified atom stereocenters. The van der Waals surface area contributed by atoms with Crippen LogP contribution in [0.25, 0.3) is 5.65 Å². The van der Waals surface area contributed by atoms with Crippen LogP contribution in [0.3, 0.4) is 0 Å². The summed E-state index contributed by atoms with van der Waals surface area (Å²) < 4.78 is 1.90. The van der Waals surface area contributed by atoms with Crippen LogP contribution in [0.2, 0.25) is 5.02 Å². The molecule has 3 rings (SSSR count). The van der Waals surface area contributed by atoms with Crippen molar-refractivity contribution in [1.82, 2.24) is 14.9 Å². The Bertz CT molecular complexity index is 697. The van der Waals surface area contributed by atoms with E-state index >= 15 is 0 Å². The lowest BCUT2D eigenvalue weighted by Gasteiger charge is -2.03. The first-order valence-electron chi connectivity index (χ1n) is 6.33. The van der Waals surface area contributed by atoms with E-state index in [2.05, 4.69) is 10.5 Å². The summed E-state index contributed by atoms with van der Waals surface area (Å²) in [6.07, 6.45) is 3.76. The molecule has 0 aliphatic heterocycles. The zero-order valence-electron chi connectivity index (χ0n) is 10.8. The minimum atomic E-state index is 0.528. The van der Waals surface area contributed by atoms with Crippen molar-refractivity contribution in [2.24, 2.45) is 0 Å². The van der Waals surface area contributed by atoms with Gasteiger partial charge in [-0.2, -0.15) is 5.48 Å². The van der Waals surface area contributed by atoms with Crippen LogP contribution >= 0.6 is 11.6 Å². The molecule has 0 atom stereocenters. The molecule has 5 heteroatoms. The quantitative estimate of drug-likeness (QED) is 0.578. The average Bonchev–Trinajstić information content (AvgIpc) is 2.86. The van der Waals surface area contributed by atoms with Gasteiger partial charge in [-0.3, -0.25) is 4.84 Å². The first-order chi connectivity index (χ1) is 9.81. The van der Waals surface area contributed by atoms with E-state index in [9.17, 15) is 0 Å². The molecule has 0 saturated carbocycles. The number of fused-ring (bicyclic) bond motifs is 1. The minimum Gasteiger partial charge on any atom is -0.305 e. The monoisotopic (exact) mass is 287 g/mol. The minimum absolute atomic E-state index is 0.528. The van der Waals surface area contributed by atoms with Gasteiger partial charge in [-0.1, -0.05) is 41.9 Å². The lowest BCUT2D eigenvalue weighted by atomic mass is 10.2. The summed E-state index contributed by atoms with van der Waals surface area (Å²) in [5.41, 5.74) is 5.82. The van der Waals surface area contributed by atoms with Gasteiger partial charge in [-0.15, -0.1) is 0 Å². The number of aromatic nitrogens is 2. The third-order valence-corrected chi connectivity index (χ3v) is 3.13. The molecule has 20 heavy (non-hydrogen) atoms. The highest BCUT2D eigenvalue weighted by Crippen LogP contribution is 2.11. The molecule has 102 valence electrons. The third-order valence-electron chi connectivity index (χ3n) is 2.90. The predicted molar refractivity (Wildman–Crippen MR) is 78.3 cm³/mol. The molecule has 0 radical (unpaired) electrons. The van der Waals surface area contributed by atoms with Crippen LogP contribution in [0.5, 0.6) is 0 Å². The van der Waals surface area contributed by atoms with E-state index in [1.807, 2.05) is 59.3 Å². The molecule has 0 saturated heterocycles. The summed E-state index contributed by atoms with van der Waals surface area (Å²) in [6, 6.07) is 13.7. The van der Waals surface area contributed by atoms with E-state index < -0.39 is 0 Å². The smallest absolute Gasteiger partial charge is 0.137 e. The molecule has 1 N–H and O–H groups in total. The Hall–Kier alpha value is -1.88. The SMILES string of the molecule is Clc1ccc2nc(CNOCc3ccccc3)cn2c1. The van der Waals surface area contributed by atoms with Gasteiger partial charge in [0.2, 0.25) is 0 Å². The molecule has 0 bridgehead atoms. The van der Waals surface area contributed by atoms with Crippen molar-refractivity contribution in [1.29, 1.82) is 0 Å². The second kappa shape index (κ2) is 6.05. The van der Waals surface area contributed by atoms with Crippen LogP contribution in [0.4, 0.5) is 0 Å². The molecule has 3 aromatic rings. The first kappa shape index (κ1) is 13.1. The molecular weight excluding hydrogens is 274 g/mol. The van der Waals surface area contributed by atoms with Crippen molar-refractivity contribution >= 4 is 17.2 Å². The van der Waals surface area contributed by atoms with Crippen LogP contribution in [-0.4, -0.2) is 9.38 Å². The number of pyridine rings is 1. The highest BCUT2D eigenvalue weighted by atomic mass is 35.5. The fraction of sp³-hybridized carbons (Fsp3) is 0.133. The van der Waals surface area contributed by atoms with E-state index in [1.165, 1.54) is 0 Å². The average molecular weight is 288 g/mol. The predicted octanol–water partition coefficient (Wildman–Crippen LogP) is 3.21. The maximum atomic E-state index is 5.93. The van der Waals surface area contributed by atoms with Crippen molar-refractivity contribution in [3.8, 4) is 0 Å². The number of halogens is 1. The van der Waals surface area contributed by atoms with E-state index in [0.717, 1.165) is 16.9 Å². The van der Waals surface area contributed by atoms with Gasteiger partial charge < -0.3 is 4.40 Å². The Morgan fingerprint density at radius 3 is 2.80 bits per heavy atom. The Morgan fingerprint density at radius 1 is 1.10 bits per heavy atom. The van der Waals surface area contributed by atoms with Crippen molar-refractivity contribution in [2.45, 2.75) is 13.2 Å². The fourth-order valence-corrected chi connectivity index (χ4v) is 2.10. The molecule has 0 amide bonds. The largest absolute Gasteiger partial charge is 0.305 e. The van der Waals surface area contributed by atoms with Crippen LogP contribution < -0.4 is 5.48 Å². The summed E-state index contributed by atoms with van der Waals surface area (Å²) in [4.78, 5) is 9.88. The zero-order chi connectivity index (χ0) is 13.8. The van der Waals surface area contributed by atoms with Crippen molar-refractivity contribution in [3.05, 3.63) is 71.1 Å². The van der Waals surface area contributed by atoms with E-state index in [-0.39, 0.29) is 0 Å². The van der Waals surface area contributed by atoms with E-state index in [0.29, 0.717) is 18.2 Å². The standard InChI is InChI=1S/C15H14ClN3O/c16-13-6-7-15-18-14(10-19(15)9-13)8-17-20-11-12-4-2-1-3-5-12/h1-7,9-10,17H,8,11H2. The van der Waals surface area contributed by atoms with Gasteiger partial charge in [0.15, 0.2) is 0 Å². The molecule has 0 spiro atoms. The zero-order valence-corrected chi connectivity index (χ0v) is 11.5. The molecular formula is C15H14ClN3O. The number of rotatable bonds is 5. The first-order valence-corrected chi connectivity index (χ1v) is 6.71. The number of hydrogen-bond acceptors (Lipinski definition) is 3. The third kappa shape index (κ3) is 3.17. The van der Waals surface area contributed by atoms with Crippen molar-refractivity contribution < 1.29 is 4.84 Å². The van der Waals surface area contributed by atoms with E-state index in [1.54, 1.807) is 0 Å². The lowest BCUT2D eigenvalue weighted by molar-refractivity contribution is 0.0229.